The smallest absolute Gasteiger partial charge is 0.137 e. The molecule has 2 aromatic rings. The summed E-state index contributed by atoms with van der Waals surface area (Å²) in [6, 6.07) is 11.5. The number of halogens is 3. The normalized spacial score (nSPS) is 14.1. The van der Waals surface area contributed by atoms with E-state index in [1.165, 1.54) is 0 Å². The Hall–Kier alpha value is -1.26. The largest absolute Gasteiger partial charge is 0.388 e. The van der Waals surface area contributed by atoms with Crippen molar-refractivity contribution in [3.8, 4) is 0 Å². The molecule has 0 spiro atoms. The van der Waals surface area contributed by atoms with Gasteiger partial charge in [0, 0.05) is 11.5 Å². The lowest BCUT2D eigenvalue weighted by atomic mass is 9.87. The predicted molar refractivity (Wildman–Crippen MR) is 78.5 cm³/mol. The highest BCUT2D eigenvalue weighted by Crippen LogP contribution is 2.36. The van der Waals surface area contributed by atoms with Crippen molar-refractivity contribution < 1.29 is 13.9 Å². The van der Waals surface area contributed by atoms with Gasteiger partial charge in [-0.2, -0.15) is 0 Å². The van der Waals surface area contributed by atoms with Gasteiger partial charge in [-0.3, -0.25) is 0 Å². The van der Waals surface area contributed by atoms with E-state index in [1.807, 2.05) is 37.3 Å². The van der Waals surface area contributed by atoms with Crippen LogP contribution in [0.15, 0.2) is 46.9 Å². The molecule has 106 valence electrons. The van der Waals surface area contributed by atoms with E-state index in [-0.39, 0.29) is 16.0 Å². The van der Waals surface area contributed by atoms with Crippen LogP contribution in [0.4, 0.5) is 8.78 Å². The summed E-state index contributed by atoms with van der Waals surface area (Å²) in [5, 5.41) is 10.4. The molecule has 0 amide bonds. The van der Waals surface area contributed by atoms with Crippen molar-refractivity contribution >= 4 is 15.9 Å². The molecule has 0 bridgehead atoms. The fourth-order valence-electron chi connectivity index (χ4n) is 2.32. The van der Waals surface area contributed by atoms with Gasteiger partial charge in [0.1, 0.15) is 11.6 Å². The minimum absolute atomic E-state index is 0.0126. The monoisotopic (exact) mass is 340 g/mol. The molecular weight excluding hydrogens is 326 g/mol. The third-order valence-electron chi connectivity index (χ3n) is 3.41. The Labute approximate surface area is 125 Å². The average molecular weight is 341 g/mol. The van der Waals surface area contributed by atoms with E-state index in [9.17, 15) is 13.9 Å². The number of aliphatic hydroxyl groups excluding tert-OH is 1. The summed E-state index contributed by atoms with van der Waals surface area (Å²) in [7, 11) is 0. The van der Waals surface area contributed by atoms with Gasteiger partial charge < -0.3 is 5.11 Å². The van der Waals surface area contributed by atoms with E-state index in [1.54, 1.807) is 0 Å². The zero-order valence-corrected chi connectivity index (χ0v) is 12.6. The molecule has 0 saturated heterocycles. The quantitative estimate of drug-likeness (QED) is 0.780. The maximum atomic E-state index is 13.9. The Kier molecular flexibility index (Phi) is 4.89. The van der Waals surface area contributed by atoms with Crippen molar-refractivity contribution in [2.75, 3.05) is 0 Å². The van der Waals surface area contributed by atoms with E-state index in [2.05, 4.69) is 15.9 Å². The van der Waals surface area contributed by atoms with Gasteiger partial charge in [-0.25, -0.2) is 8.78 Å². The SMILES string of the molecule is CCC(c1ccccc1)C(O)c1cc(F)c(Br)cc1F. The molecular formula is C16H15BrF2O. The predicted octanol–water partition coefficient (Wildman–Crippen LogP) is 4.95. The molecule has 0 saturated carbocycles. The molecule has 0 fully saturated rings. The van der Waals surface area contributed by atoms with Gasteiger partial charge in [0.2, 0.25) is 0 Å². The van der Waals surface area contributed by atoms with Crippen molar-refractivity contribution in [1.29, 1.82) is 0 Å². The molecule has 1 N–H and O–H groups in total. The Balaban J connectivity index is 2.39. The van der Waals surface area contributed by atoms with E-state index in [4.69, 9.17) is 0 Å². The molecule has 0 aliphatic rings. The molecule has 1 nitrogen and oxygen atoms in total. The third-order valence-corrected chi connectivity index (χ3v) is 4.01. The molecule has 4 heteroatoms. The number of hydrogen-bond donors (Lipinski definition) is 1. The van der Waals surface area contributed by atoms with Crippen molar-refractivity contribution in [3.63, 3.8) is 0 Å². The molecule has 20 heavy (non-hydrogen) atoms. The third kappa shape index (κ3) is 3.07. The van der Waals surface area contributed by atoms with Crippen LogP contribution in [0, 0.1) is 11.6 Å². The minimum Gasteiger partial charge on any atom is -0.388 e. The van der Waals surface area contributed by atoms with Crippen LogP contribution in [0.5, 0.6) is 0 Å². The first-order chi connectivity index (χ1) is 9.54. The highest BCUT2D eigenvalue weighted by Gasteiger charge is 2.24. The van der Waals surface area contributed by atoms with Gasteiger partial charge in [0.15, 0.2) is 0 Å². The second-order valence-electron chi connectivity index (χ2n) is 4.66. The van der Waals surface area contributed by atoms with Crippen LogP contribution in [-0.2, 0) is 0 Å². The van der Waals surface area contributed by atoms with Gasteiger partial charge in [-0.1, -0.05) is 37.3 Å². The molecule has 2 atom stereocenters. The summed E-state index contributed by atoms with van der Waals surface area (Å²) in [6.07, 6.45) is -0.451. The highest BCUT2D eigenvalue weighted by atomic mass is 79.9. The Morgan fingerprint density at radius 3 is 2.35 bits per heavy atom. The lowest BCUT2D eigenvalue weighted by Gasteiger charge is -2.23. The number of aliphatic hydroxyl groups is 1. The van der Waals surface area contributed by atoms with E-state index < -0.39 is 17.7 Å². The van der Waals surface area contributed by atoms with Crippen LogP contribution in [0.1, 0.15) is 36.5 Å². The summed E-state index contributed by atoms with van der Waals surface area (Å²) in [6.45, 7) is 1.91. The fraction of sp³-hybridized carbons (Fsp3) is 0.250. The first-order valence-electron chi connectivity index (χ1n) is 6.42. The van der Waals surface area contributed by atoms with Gasteiger partial charge in [-0.05, 0) is 40.0 Å². The first-order valence-corrected chi connectivity index (χ1v) is 7.21. The van der Waals surface area contributed by atoms with E-state index in [0.717, 1.165) is 17.7 Å². The van der Waals surface area contributed by atoms with Gasteiger partial charge in [0.05, 0.1) is 10.6 Å². The molecule has 0 aliphatic carbocycles. The first kappa shape index (κ1) is 15.1. The lowest BCUT2D eigenvalue weighted by molar-refractivity contribution is 0.138. The van der Waals surface area contributed by atoms with Gasteiger partial charge >= 0.3 is 0 Å². The molecule has 2 unspecified atom stereocenters. The molecule has 0 heterocycles. The van der Waals surface area contributed by atoms with Crippen LogP contribution in [-0.4, -0.2) is 5.11 Å². The Bertz CT molecular complexity index is 587. The minimum atomic E-state index is -1.08. The molecule has 0 aromatic heterocycles. The summed E-state index contributed by atoms with van der Waals surface area (Å²) < 4.78 is 27.6. The zero-order chi connectivity index (χ0) is 14.7. The molecule has 0 radical (unpaired) electrons. The van der Waals surface area contributed by atoms with Crippen LogP contribution < -0.4 is 0 Å². The van der Waals surface area contributed by atoms with Crippen molar-refractivity contribution in [2.45, 2.75) is 25.4 Å². The molecule has 2 aromatic carbocycles. The fourth-order valence-corrected chi connectivity index (χ4v) is 2.64. The number of benzene rings is 2. The van der Waals surface area contributed by atoms with E-state index >= 15 is 0 Å². The lowest BCUT2D eigenvalue weighted by Crippen LogP contribution is -2.12. The second-order valence-corrected chi connectivity index (χ2v) is 5.51. The summed E-state index contributed by atoms with van der Waals surface area (Å²) >= 11 is 2.93. The second kappa shape index (κ2) is 6.46. The van der Waals surface area contributed by atoms with Gasteiger partial charge in [-0.15, -0.1) is 0 Å². The number of hydrogen-bond acceptors (Lipinski definition) is 1. The Morgan fingerprint density at radius 2 is 1.75 bits per heavy atom. The maximum absolute atomic E-state index is 13.9. The van der Waals surface area contributed by atoms with E-state index in [0.29, 0.717) is 6.42 Å². The van der Waals surface area contributed by atoms with Gasteiger partial charge in [0.25, 0.3) is 0 Å². The topological polar surface area (TPSA) is 20.2 Å². The van der Waals surface area contributed by atoms with Crippen molar-refractivity contribution in [3.05, 3.63) is 69.7 Å². The van der Waals surface area contributed by atoms with Crippen LogP contribution in [0.3, 0.4) is 0 Å². The molecule has 2 rings (SSSR count). The summed E-state index contributed by atoms with van der Waals surface area (Å²) in [5.74, 6) is -1.46. The molecule has 0 aliphatic heterocycles. The maximum Gasteiger partial charge on any atom is 0.137 e. The van der Waals surface area contributed by atoms with Crippen LogP contribution in [0.25, 0.3) is 0 Å². The number of rotatable bonds is 4. The Morgan fingerprint density at radius 1 is 1.10 bits per heavy atom. The summed E-state index contributed by atoms with van der Waals surface area (Å²) in [4.78, 5) is 0. The summed E-state index contributed by atoms with van der Waals surface area (Å²) in [5.41, 5.74) is 0.895. The standard InChI is InChI=1S/C16H15BrF2O/c1-2-11(10-6-4-3-5-7-10)16(20)12-8-15(19)13(17)9-14(12)18/h3-9,11,16,20H,2H2,1H3. The van der Waals surface area contributed by atoms with Crippen molar-refractivity contribution in [1.82, 2.24) is 0 Å². The average Bonchev–Trinajstić information content (AvgIpc) is 2.44. The van der Waals surface area contributed by atoms with Crippen molar-refractivity contribution in [2.24, 2.45) is 0 Å². The zero-order valence-electron chi connectivity index (χ0n) is 11.0. The van der Waals surface area contributed by atoms with Crippen LogP contribution in [0.2, 0.25) is 0 Å². The highest BCUT2D eigenvalue weighted by molar-refractivity contribution is 9.10. The van der Waals surface area contributed by atoms with Crippen LogP contribution >= 0.6 is 15.9 Å².